The van der Waals surface area contributed by atoms with Crippen LogP contribution in [-0.4, -0.2) is 66.6 Å². The molecule has 1 fully saturated rings. The first-order valence-electron chi connectivity index (χ1n) is 12.2. The number of pyridine rings is 1. The lowest BCUT2D eigenvalue weighted by Gasteiger charge is -2.24. The quantitative estimate of drug-likeness (QED) is 0.415. The van der Waals surface area contributed by atoms with Gasteiger partial charge < -0.3 is 14.8 Å². The van der Waals surface area contributed by atoms with Crippen LogP contribution in [0.4, 0.5) is 11.6 Å². The molecule has 10 heteroatoms. The van der Waals surface area contributed by atoms with Gasteiger partial charge in [-0.2, -0.15) is 10.2 Å². The standard InChI is InChI=1S/C25H30N8O2/c1-17-11-22-28-23-13-20-12-18(6-9-33(20)30-23)25-21(14-26-31(25)2)35-15-19-5-3-7-32(19)8-4-10-34-16-24(27-17)29-22/h6,9,11-14,19H,3-5,7-8,10,15-16H2,1-2H3,(H,27,28,29,30)/t19-/m1/s1. The van der Waals surface area contributed by atoms with Crippen LogP contribution in [-0.2, 0) is 18.4 Å². The van der Waals surface area contributed by atoms with E-state index in [1.165, 1.54) is 6.42 Å². The Morgan fingerprint density at radius 1 is 1.09 bits per heavy atom. The molecule has 0 unspecified atom stereocenters. The Morgan fingerprint density at radius 3 is 2.94 bits per heavy atom. The number of nitrogens with one attached hydrogen (secondary N) is 1. The maximum atomic E-state index is 6.35. The Balaban J connectivity index is 1.36. The van der Waals surface area contributed by atoms with Gasteiger partial charge in [0.1, 0.15) is 24.7 Å². The first-order chi connectivity index (χ1) is 17.1. The topological polar surface area (TPSA) is 94.6 Å². The second kappa shape index (κ2) is 9.27. The lowest BCUT2D eigenvalue weighted by atomic mass is 10.1. The molecule has 1 saturated heterocycles. The third-order valence-electron chi connectivity index (χ3n) is 6.69. The van der Waals surface area contributed by atoms with Gasteiger partial charge in [-0.25, -0.2) is 14.5 Å². The Morgan fingerprint density at radius 2 is 2.00 bits per heavy atom. The predicted octanol–water partition coefficient (Wildman–Crippen LogP) is 3.34. The van der Waals surface area contributed by atoms with Crippen molar-refractivity contribution >= 4 is 17.2 Å². The number of nitrogens with zero attached hydrogens (tertiary/aromatic N) is 7. The lowest BCUT2D eigenvalue weighted by Crippen LogP contribution is -2.35. The van der Waals surface area contributed by atoms with Crippen LogP contribution in [0.3, 0.4) is 0 Å². The molecule has 2 aliphatic heterocycles. The highest BCUT2D eigenvalue weighted by molar-refractivity contribution is 5.72. The van der Waals surface area contributed by atoms with Crippen molar-refractivity contribution in [3.05, 3.63) is 48.2 Å². The van der Waals surface area contributed by atoms with Crippen molar-refractivity contribution in [2.24, 2.45) is 7.05 Å². The van der Waals surface area contributed by atoms with Crippen molar-refractivity contribution in [1.82, 2.24) is 34.3 Å². The molecule has 1 atom stereocenters. The van der Waals surface area contributed by atoms with Crippen LogP contribution in [0.2, 0.25) is 0 Å². The summed E-state index contributed by atoms with van der Waals surface area (Å²) < 4.78 is 16.0. The summed E-state index contributed by atoms with van der Waals surface area (Å²) in [6, 6.07) is 8.47. The molecule has 2 aliphatic rings. The normalized spacial score (nSPS) is 19.3. The molecule has 10 nitrogen and oxygen atoms in total. The third kappa shape index (κ3) is 4.59. The van der Waals surface area contributed by atoms with Crippen LogP contribution in [0.1, 0.15) is 30.8 Å². The molecule has 6 rings (SSSR count). The minimum atomic E-state index is 0.390. The molecule has 0 aliphatic carbocycles. The molecule has 0 amide bonds. The summed E-state index contributed by atoms with van der Waals surface area (Å²) in [6.45, 7) is 5.78. The Labute approximate surface area is 203 Å². The van der Waals surface area contributed by atoms with E-state index < -0.39 is 0 Å². The average Bonchev–Trinajstić information content (AvgIpc) is 3.54. The minimum absolute atomic E-state index is 0.390. The average molecular weight is 475 g/mol. The molecule has 0 spiro atoms. The van der Waals surface area contributed by atoms with Crippen molar-refractivity contribution in [2.45, 2.75) is 38.8 Å². The molecule has 4 aromatic rings. The monoisotopic (exact) mass is 474 g/mol. The van der Waals surface area contributed by atoms with Crippen molar-refractivity contribution in [3.8, 4) is 17.0 Å². The van der Waals surface area contributed by atoms with Gasteiger partial charge in [0.15, 0.2) is 17.4 Å². The highest BCUT2D eigenvalue weighted by atomic mass is 16.5. The summed E-state index contributed by atoms with van der Waals surface area (Å²) in [5, 5.41) is 12.5. The van der Waals surface area contributed by atoms with Gasteiger partial charge in [0, 0.05) is 55.8 Å². The van der Waals surface area contributed by atoms with Crippen LogP contribution < -0.4 is 10.1 Å². The molecular weight excluding hydrogens is 444 g/mol. The molecule has 1 N–H and O–H groups in total. The highest BCUT2D eigenvalue weighted by Gasteiger charge is 2.25. The Hall–Kier alpha value is -3.50. The van der Waals surface area contributed by atoms with Crippen molar-refractivity contribution in [1.29, 1.82) is 0 Å². The van der Waals surface area contributed by atoms with Crippen molar-refractivity contribution < 1.29 is 9.47 Å². The maximum Gasteiger partial charge on any atom is 0.165 e. The number of anilines is 2. The Kier molecular flexibility index (Phi) is 5.83. The lowest BCUT2D eigenvalue weighted by molar-refractivity contribution is 0.0970. The van der Waals surface area contributed by atoms with Gasteiger partial charge in [0.05, 0.1) is 11.7 Å². The minimum Gasteiger partial charge on any atom is -0.488 e. The summed E-state index contributed by atoms with van der Waals surface area (Å²) in [5.74, 6) is 2.90. The number of ether oxygens (including phenoxy) is 2. The van der Waals surface area contributed by atoms with Gasteiger partial charge in [0.2, 0.25) is 0 Å². The van der Waals surface area contributed by atoms with Gasteiger partial charge in [-0.1, -0.05) is 0 Å². The molecule has 0 saturated carbocycles. The highest BCUT2D eigenvalue weighted by Crippen LogP contribution is 2.31. The number of hydrogen-bond donors (Lipinski definition) is 1. The van der Waals surface area contributed by atoms with Crippen LogP contribution in [0, 0.1) is 6.92 Å². The van der Waals surface area contributed by atoms with Gasteiger partial charge in [-0.05, 0) is 44.9 Å². The fourth-order valence-corrected chi connectivity index (χ4v) is 5.04. The maximum absolute atomic E-state index is 6.35. The zero-order valence-electron chi connectivity index (χ0n) is 20.1. The van der Waals surface area contributed by atoms with Crippen molar-refractivity contribution in [2.75, 3.05) is 31.6 Å². The number of aromatic nitrogens is 6. The molecular formula is C25H30N8O2. The number of rotatable bonds is 0. The van der Waals surface area contributed by atoms with E-state index in [-0.39, 0.29) is 0 Å². The first kappa shape index (κ1) is 22.0. The fraction of sp³-hybridized carbons (Fsp3) is 0.440. The van der Waals surface area contributed by atoms with E-state index in [4.69, 9.17) is 9.47 Å². The molecule has 182 valence electrons. The summed E-state index contributed by atoms with van der Waals surface area (Å²) in [4.78, 5) is 11.7. The molecule has 6 heterocycles. The number of hydrogen-bond acceptors (Lipinski definition) is 8. The zero-order valence-corrected chi connectivity index (χ0v) is 20.1. The summed E-state index contributed by atoms with van der Waals surface area (Å²) >= 11 is 0. The second-order valence-electron chi connectivity index (χ2n) is 9.28. The number of fused-ring (bicyclic) bond motifs is 7. The van der Waals surface area contributed by atoms with Crippen LogP contribution in [0.25, 0.3) is 16.8 Å². The summed E-state index contributed by atoms with van der Waals surface area (Å²) in [6.07, 6.45) is 7.08. The SMILES string of the molecule is Cc1cc2nc(n1)COCCCN1CCC[C@@H]1COc1cnn(C)c1-c1ccn3nc(cc3c1)N2. The van der Waals surface area contributed by atoms with Crippen LogP contribution >= 0.6 is 0 Å². The van der Waals surface area contributed by atoms with E-state index in [1.807, 2.05) is 53.8 Å². The van der Waals surface area contributed by atoms with E-state index >= 15 is 0 Å². The second-order valence-corrected chi connectivity index (χ2v) is 9.28. The molecule has 4 aromatic heterocycles. The molecule has 35 heavy (non-hydrogen) atoms. The summed E-state index contributed by atoms with van der Waals surface area (Å²) in [7, 11) is 1.95. The molecule has 0 radical (unpaired) electrons. The summed E-state index contributed by atoms with van der Waals surface area (Å²) in [5.41, 5.74) is 3.85. The van der Waals surface area contributed by atoms with E-state index in [9.17, 15) is 0 Å². The van der Waals surface area contributed by atoms with E-state index in [0.29, 0.717) is 43.3 Å². The largest absolute Gasteiger partial charge is 0.488 e. The van der Waals surface area contributed by atoms with Crippen LogP contribution in [0.15, 0.2) is 36.7 Å². The zero-order chi connectivity index (χ0) is 23.8. The van der Waals surface area contributed by atoms with Crippen LogP contribution in [0.5, 0.6) is 5.75 Å². The third-order valence-corrected chi connectivity index (χ3v) is 6.69. The molecule has 5 bridgehead atoms. The van der Waals surface area contributed by atoms with Gasteiger partial charge >= 0.3 is 0 Å². The van der Waals surface area contributed by atoms with E-state index in [0.717, 1.165) is 54.1 Å². The number of aryl methyl sites for hydroxylation is 2. The fourth-order valence-electron chi connectivity index (χ4n) is 5.04. The molecule has 0 aromatic carbocycles. The first-order valence-corrected chi connectivity index (χ1v) is 12.2. The Bertz CT molecular complexity index is 1350. The van der Waals surface area contributed by atoms with E-state index in [2.05, 4.69) is 36.4 Å². The van der Waals surface area contributed by atoms with Gasteiger partial charge in [-0.15, -0.1) is 0 Å². The van der Waals surface area contributed by atoms with E-state index in [1.54, 1.807) is 0 Å². The van der Waals surface area contributed by atoms with Gasteiger partial charge in [0.25, 0.3) is 0 Å². The smallest absolute Gasteiger partial charge is 0.165 e. The van der Waals surface area contributed by atoms with Crippen molar-refractivity contribution in [3.63, 3.8) is 0 Å². The van der Waals surface area contributed by atoms with Gasteiger partial charge in [-0.3, -0.25) is 9.58 Å². The predicted molar refractivity (Wildman–Crippen MR) is 132 cm³/mol.